The molecule has 0 saturated heterocycles. The van der Waals surface area contributed by atoms with Crippen molar-refractivity contribution in [1.82, 2.24) is 0 Å². The van der Waals surface area contributed by atoms with Crippen LogP contribution in [0.5, 0.6) is 5.75 Å². The first kappa shape index (κ1) is 19.0. The summed E-state index contributed by atoms with van der Waals surface area (Å²) in [6.45, 7) is 2.12. The van der Waals surface area contributed by atoms with Gasteiger partial charge in [-0.15, -0.1) is 0 Å². The predicted molar refractivity (Wildman–Crippen MR) is 97.2 cm³/mol. The summed E-state index contributed by atoms with van der Waals surface area (Å²) in [5.74, 6) is -3.51. The standard InChI is InChI=1S/C22H21F2NO2/c1-2-14-3-5-15(6-4-14)16-7-9-17(10-8-16)22(26)27-19-12-11-18(13-25)20(23)21(19)24/h3-6,11-12,16-17H,2,7-10H2,1H3. The van der Waals surface area contributed by atoms with Crippen LogP contribution in [0, 0.1) is 28.9 Å². The molecule has 1 aliphatic rings. The molecule has 0 radical (unpaired) electrons. The second-order valence-electron chi connectivity index (χ2n) is 6.92. The van der Waals surface area contributed by atoms with Gasteiger partial charge in [-0.05, 0) is 61.3 Å². The molecule has 0 N–H and O–H groups in total. The number of carbonyl (C=O) groups is 1. The molecule has 0 unspecified atom stereocenters. The Hall–Kier alpha value is -2.74. The molecular weight excluding hydrogens is 348 g/mol. The third-order valence-electron chi connectivity index (χ3n) is 5.30. The fourth-order valence-electron chi connectivity index (χ4n) is 3.58. The monoisotopic (exact) mass is 369 g/mol. The summed E-state index contributed by atoms with van der Waals surface area (Å²) in [5, 5.41) is 8.70. The highest BCUT2D eigenvalue weighted by molar-refractivity contribution is 5.75. The molecule has 0 bridgehead atoms. The van der Waals surface area contributed by atoms with E-state index in [1.54, 1.807) is 6.07 Å². The maximum absolute atomic E-state index is 13.9. The lowest BCUT2D eigenvalue weighted by molar-refractivity contribution is -0.140. The van der Waals surface area contributed by atoms with Crippen LogP contribution in [-0.2, 0) is 11.2 Å². The Morgan fingerprint density at radius 1 is 1.07 bits per heavy atom. The van der Waals surface area contributed by atoms with Crippen LogP contribution in [-0.4, -0.2) is 5.97 Å². The zero-order chi connectivity index (χ0) is 19.4. The van der Waals surface area contributed by atoms with Crippen molar-refractivity contribution in [2.45, 2.75) is 44.9 Å². The van der Waals surface area contributed by atoms with E-state index in [0.29, 0.717) is 18.8 Å². The maximum Gasteiger partial charge on any atom is 0.314 e. The molecule has 2 aromatic carbocycles. The van der Waals surface area contributed by atoms with E-state index in [9.17, 15) is 13.6 Å². The summed E-state index contributed by atoms with van der Waals surface area (Å²) in [4.78, 5) is 12.3. The SMILES string of the molecule is CCc1ccc(C2CCC(C(=O)Oc3ccc(C#N)c(F)c3F)CC2)cc1. The van der Waals surface area contributed by atoms with Crippen molar-refractivity contribution in [3.05, 3.63) is 64.7 Å². The molecule has 3 nitrogen and oxygen atoms in total. The van der Waals surface area contributed by atoms with E-state index in [2.05, 4.69) is 31.2 Å². The first-order valence-electron chi connectivity index (χ1n) is 9.22. The zero-order valence-corrected chi connectivity index (χ0v) is 15.2. The Morgan fingerprint density at radius 3 is 2.33 bits per heavy atom. The van der Waals surface area contributed by atoms with Crippen molar-refractivity contribution in [2.75, 3.05) is 0 Å². The van der Waals surface area contributed by atoms with Gasteiger partial charge in [-0.25, -0.2) is 4.39 Å². The van der Waals surface area contributed by atoms with Crippen LogP contribution in [0.1, 0.15) is 55.2 Å². The summed E-state index contributed by atoms with van der Waals surface area (Å²) in [5.41, 5.74) is 2.16. The number of aryl methyl sites for hydroxylation is 1. The largest absolute Gasteiger partial charge is 0.423 e. The van der Waals surface area contributed by atoms with E-state index in [1.165, 1.54) is 11.1 Å². The first-order valence-corrected chi connectivity index (χ1v) is 9.22. The molecule has 3 rings (SSSR count). The van der Waals surface area contributed by atoms with E-state index in [4.69, 9.17) is 10.00 Å². The van der Waals surface area contributed by atoms with E-state index in [-0.39, 0.29) is 5.92 Å². The second kappa shape index (κ2) is 8.30. The fourth-order valence-corrected chi connectivity index (χ4v) is 3.58. The number of nitrogens with zero attached hydrogens (tertiary/aromatic N) is 1. The van der Waals surface area contributed by atoms with Crippen molar-refractivity contribution >= 4 is 5.97 Å². The van der Waals surface area contributed by atoms with Gasteiger partial charge in [-0.2, -0.15) is 9.65 Å². The average molecular weight is 369 g/mol. The molecule has 1 aliphatic carbocycles. The molecule has 1 saturated carbocycles. The van der Waals surface area contributed by atoms with Crippen LogP contribution in [0.4, 0.5) is 8.78 Å². The number of ether oxygens (including phenoxy) is 1. The Balaban J connectivity index is 1.60. The van der Waals surface area contributed by atoms with E-state index < -0.39 is 28.9 Å². The average Bonchev–Trinajstić information content (AvgIpc) is 2.72. The lowest BCUT2D eigenvalue weighted by Crippen LogP contribution is -2.25. The van der Waals surface area contributed by atoms with Crippen molar-refractivity contribution in [3.8, 4) is 11.8 Å². The van der Waals surface area contributed by atoms with E-state index in [0.717, 1.165) is 31.4 Å². The van der Waals surface area contributed by atoms with Crippen LogP contribution >= 0.6 is 0 Å². The van der Waals surface area contributed by atoms with Gasteiger partial charge in [0, 0.05) is 0 Å². The molecule has 0 atom stereocenters. The van der Waals surface area contributed by atoms with E-state index >= 15 is 0 Å². The smallest absolute Gasteiger partial charge is 0.314 e. The summed E-state index contributed by atoms with van der Waals surface area (Å²) in [6, 6.07) is 12.4. The molecule has 0 aliphatic heterocycles. The number of nitriles is 1. The quantitative estimate of drug-likeness (QED) is 0.544. The highest BCUT2D eigenvalue weighted by atomic mass is 19.2. The molecule has 5 heteroatoms. The molecule has 0 amide bonds. The van der Waals surface area contributed by atoms with Gasteiger partial charge in [0.1, 0.15) is 6.07 Å². The van der Waals surface area contributed by atoms with Crippen LogP contribution in [0.15, 0.2) is 36.4 Å². The minimum atomic E-state index is -1.30. The van der Waals surface area contributed by atoms with Gasteiger partial charge in [0.05, 0.1) is 11.5 Å². The molecule has 1 fully saturated rings. The molecule has 140 valence electrons. The topological polar surface area (TPSA) is 50.1 Å². The van der Waals surface area contributed by atoms with Gasteiger partial charge in [-0.3, -0.25) is 4.79 Å². The summed E-state index contributed by atoms with van der Waals surface area (Å²) >= 11 is 0. The second-order valence-corrected chi connectivity index (χ2v) is 6.92. The highest BCUT2D eigenvalue weighted by Gasteiger charge is 2.29. The lowest BCUT2D eigenvalue weighted by atomic mass is 9.78. The molecule has 0 spiro atoms. The Labute approximate surface area is 157 Å². The normalized spacial score (nSPS) is 19.3. The number of benzene rings is 2. The number of esters is 1. The van der Waals surface area contributed by atoms with E-state index in [1.807, 2.05) is 0 Å². The first-order chi connectivity index (χ1) is 13.0. The Morgan fingerprint density at radius 2 is 1.74 bits per heavy atom. The summed E-state index contributed by atoms with van der Waals surface area (Å²) in [6.07, 6.45) is 4.02. The van der Waals surface area contributed by atoms with Gasteiger partial charge >= 0.3 is 5.97 Å². The number of rotatable bonds is 4. The molecule has 0 heterocycles. The van der Waals surface area contributed by atoms with Gasteiger partial charge in [-0.1, -0.05) is 31.2 Å². The maximum atomic E-state index is 13.9. The van der Waals surface area contributed by atoms with Gasteiger partial charge < -0.3 is 4.74 Å². The number of hydrogen-bond donors (Lipinski definition) is 0. The molecule has 27 heavy (non-hydrogen) atoms. The number of halogens is 2. The van der Waals surface area contributed by atoms with Crippen LogP contribution in [0.2, 0.25) is 0 Å². The Bertz CT molecular complexity index is 863. The van der Waals surface area contributed by atoms with Crippen LogP contribution < -0.4 is 4.74 Å². The molecule has 0 aromatic heterocycles. The summed E-state index contributed by atoms with van der Waals surface area (Å²) in [7, 11) is 0. The third kappa shape index (κ3) is 4.16. The number of carbonyl (C=O) groups excluding carboxylic acids is 1. The van der Waals surface area contributed by atoms with Crippen molar-refractivity contribution in [1.29, 1.82) is 5.26 Å². The van der Waals surface area contributed by atoms with Gasteiger partial charge in [0.25, 0.3) is 0 Å². The fraction of sp³-hybridized carbons (Fsp3) is 0.364. The summed E-state index contributed by atoms with van der Waals surface area (Å²) < 4.78 is 32.7. The van der Waals surface area contributed by atoms with Crippen LogP contribution in [0.3, 0.4) is 0 Å². The molecule has 2 aromatic rings. The molecular formula is C22H21F2NO2. The van der Waals surface area contributed by atoms with Crippen LogP contribution in [0.25, 0.3) is 0 Å². The minimum Gasteiger partial charge on any atom is -0.423 e. The Kier molecular flexibility index (Phi) is 5.85. The van der Waals surface area contributed by atoms with Crippen molar-refractivity contribution < 1.29 is 18.3 Å². The highest BCUT2D eigenvalue weighted by Crippen LogP contribution is 2.36. The van der Waals surface area contributed by atoms with Crippen molar-refractivity contribution in [3.63, 3.8) is 0 Å². The lowest BCUT2D eigenvalue weighted by Gasteiger charge is -2.27. The number of hydrogen-bond acceptors (Lipinski definition) is 3. The van der Waals surface area contributed by atoms with Gasteiger partial charge in [0.2, 0.25) is 5.82 Å². The predicted octanol–water partition coefficient (Wildman–Crippen LogP) is 5.28. The van der Waals surface area contributed by atoms with Gasteiger partial charge in [0.15, 0.2) is 11.6 Å². The van der Waals surface area contributed by atoms with Crippen molar-refractivity contribution in [2.24, 2.45) is 5.92 Å². The zero-order valence-electron chi connectivity index (χ0n) is 15.2. The third-order valence-corrected chi connectivity index (χ3v) is 5.30. The minimum absolute atomic E-state index is 0.325.